The van der Waals surface area contributed by atoms with E-state index in [1.54, 1.807) is 14.2 Å². The molecule has 1 N–H and O–H groups in total. The highest BCUT2D eigenvalue weighted by Crippen LogP contribution is 2.50. The number of methoxy groups -OCH3 is 2. The number of hydrogen-bond donors (Lipinski definition) is 1. The van der Waals surface area contributed by atoms with E-state index in [-0.39, 0.29) is 5.91 Å². The molecule has 24 heavy (non-hydrogen) atoms. The maximum absolute atomic E-state index is 12.7. The largest absolute Gasteiger partial charge is 0.493 e. The zero-order valence-electron chi connectivity index (χ0n) is 14.2. The van der Waals surface area contributed by atoms with Crippen molar-refractivity contribution in [2.24, 2.45) is 0 Å². The first-order valence-corrected chi connectivity index (χ1v) is 8.24. The van der Waals surface area contributed by atoms with E-state index in [2.05, 4.69) is 17.4 Å². The van der Waals surface area contributed by atoms with Crippen LogP contribution in [0.2, 0.25) is 0 Å². The first kappa shape index (κ1) is 16.4. The number of amides is 1. The maximum Gasteiger partial charge on any atom is 0.230 e. The van der Waals surface area contributed by atoms with Gasteiger partial charge < -0.3 is 14.8 Å². The summed E-state index contributed by atoms with van der Waals surface area (Å²) in [7, 11) is 3.22. The van der Waals surface area contributed by atoms with Gasteiger partial charge in [-0.1, -0.05) is 36.4 Å². The van der Waals surface area contributed by atoms with Gasteiger partial charge in [0.1, 0.15) is 0 Å². The first-order chi connectivity index (χ1) is 11.7. The van der Waals surface area contributed by atoms with Crippen LogP contribution >= 0.6 is 0 Å². The van der Waals surface area contributed by atoms with E-state index in [1.807, 2.05) is 36.4 Å². The molecule has 1 aliphatic rings. The molecule has 0 radical (unpaired) electrons. The lowest BCUT2D eigenvalue weighted by atomic mass is 9.94. The lowest BCUT2D eigenvalue weighted by Crippen LogP contribution is -2.35. The fourth-order valence-electron chi connectivity index (χ4n) is 3.04. The Morgan fingerprint density at radius 1 is 1.04 bits per heavy atom. The normalized spacial score (nSPS) is 14.8. The maximum atomic E-state index is 12.7. The van der Waals surface area contributed by atoms with Crippen LogP contribution in [0.1, 0.15) is 24.0 Å². The molecule has 0 spiro atoms. The summed E-state index contributed by atoms with van der Waals surface area (Å²) in [6, 6.07) is 15.9. The van der Waals surface area contributed by atoms with Gasteiger partial charge in [-0.25, -0.2) is 0 Å². The van der Waals surface area contributed by atoms with Gasteiger partial charge in [0.25, 0.3) is 0 Å². The van der Waals surface area contributed by atoms with Gasteiger partial charge in [0.15, 0.2) is 11.5 Å². The summed E-state index contributed by atoms with van der Waals surface area (Å²) in [5, 5.41) is 3.09. The molecule has 126 valence electrons. The highest BCUT2D eigenvalue weighted by Gasteiger charge is 2.51. The number of ether oxygens (including phenoxy) is 2. The summed E-state index contributed by atoms with van der Waals surface area (Å²) >= 11 is 0. The van der Waals surface area contributed by atoms with Gasteiger partial charge in [-0.05, 0) is 42.5 Å². The highest BCUT2D eigenvalue weighted by atomic mass is 16.5. The van der Waals surface area contributed by atoms with Crippen LogP contribution < -0.4 is 14.8 Å². The number of benzene rings is 2. The summed E-state index contributed by atoms with van der Waals surface area (Å²) in [6.45, 7) is 0.651. The van der Waals surface area contributed by atoms with Crippen LogP contribution in [0.5, 0.6) is 11.5 Å². The van der Waals surface area contributed by atoms with E-state index in [9.17, 15) is 4.79 Å². The molecule has 0 bridgehead atoms. The predicted molar refractivity (Wildman–Crippen MR) is 93.6 cm³/mol. The molecule has 2 aromatic carbocycles. The minimum absolute atomic E-state index is 0.102. The molecule has 1 amide bonds. The van der Waals surface area contributed by atoms with Crippen LogP contribution in [-0.2, 0) is 16.6 Å². The van der Waals surface area contributed by atoms with Gasteiger partial charge in [0.05, 0.1) is 19.6 Å². The third kappa shape index (κ3) is 3.23. The van der Waals surface area contributed by atoms with Gasteiger partial charge in [-0.15, -0.1) is 0 Å². The van der Waals surface area contributed by atoms with Crippen molar-refractivity contribution >= 4 is 5.91 Å². The lowest BCUT2D eigenvalue weighted by molar-refractivity contribution is -0.123. The minimum atomic E-state index is -0.407. The summed E-state index contributed by atoms with van der Waals surface area (Å²) in [5.74, 6) is 1.45. The standard InChI is InChI=1S/C20H23NO3/c1-23-17-9-8-16(14-18(17)24-2)20(11-12-20)19(22)21-13-10-15-6-4-3-5-7-15/h3-9,14H,10-13H2,1-2H3,(H,21,22). The number of carbonyl (C=O) groups is 1. The Bertz CT molecular complexity index is 708. The van der Waals surface area contributed by atoms with E-state index in [0.717, 1.165) is 24.8 Å². The van der Waals surface area contributed by atoms with Gasteiger partial charge in [0, 0.05) is 6.54 Å². The van der Waals surface area contributed by atoms with E-state index in [0.29, 0.717) is 18.0 Å². The van der Waals surface area contributed by atoms with E-state index >= 15 is 0 Å². The molecule has 0 aromatic heterocycles. The van der Waals surface area contributed by atoms with E-state index in [4.69, 9.17) is 9.47 Å². The van der Waals surface area contributed by atoms with Gasteiger partial charge >= 0.3 is 0 Å². The van der Waals surface area contributed by atoms with Crippen molar-refractivity contribution < 1.29 is 14.3 Å². The minimum Gasteiger partial charge on any atom is -0.493 e. The van der Waals surface area contributed by atoms with Crippen LogP contribution in [-0.4, -0.2) is 26.7 Å². The molecule has 0 aliphatic heterocycles. The molecule has 0 heterocycles. The van der Waals surface area contributed by atoms with Gasteiger partial charge in [0.2, 0.25) is 5.91 Å². The molecular weight excluding hydrogens is 302 g/mol. The molecule has 0 saturated heterocycles. The quantitative estimate of drug-likeness (QED) is 0.851. The Balaban J connectivity index is 1.66. The molecule has 4 nitrogen and oxygen atoms in total. The van der Waals surface area contributed by atoms with Crippen LogP contribution in [0.25, 0.3) is 0 Å². The third-order valence-electron chi connectivity index (χ3n) is 4.66. The van der Waals surface area contributed by atoms with Crippen molar-refractivity contribution in [1.29, 1.82) is 0 Å². The number of hydrogen-bond acceptors (Lipinski definition) is 3. The average Bonchev–Trinajstić information content (AvgIpc) is 3.44. The van der Waals surface area contributed by atoms with Gasteiger partial charge in [-0.3, -0.25) is 4.79 Å². The zero-order chi connectivity index (χ0) is 17.0. The molecule has 1 aliphatic carbocycles. The second kappa shape index (κ2) is 6.95. The fourth-order valence-corrected chi connectivity index (χ4v) is 3.04. The van der Waals surface area contributed by atoms with Crippen molar-refractivity contribution in [2.75, 3.05) is 20.8 Å². The van der Waals surface area contributed by atoms with Crippen LogP contribution in [0.3, 0.4) is 0 Å². The predicted octanol–water partition coefficient (Wildman–Crippen LogP) is 3.09. The molecule has 0 atom stereocenters. The summed E-state index contributed by atoms with van der Waals surface area (Å²) in [5.41, 5.74) is 1.82. The number of rotatable bonds is 7. The lowest BCUT2D eigenvalue weighted by Gasteiger charge is -2.18. The second-order valence-corrected chi connectivity index (χ2v) is 6.14. The zero-order valence-corrected chi connectivity index (χ0v) is 14.2. The molecule has 1 saturated carbocycles. The third-order valence-corrected chi connectivity index (χ3v) is 4.66. The molecule has 0 unspecified atom stereocenters. The molecule has 4 heteroatoms. The SMILES string of the molecule is COc1ccc(C2(C(=O)NCCc3ccccc3)CC2)cc1OC. The van der Waals surface area contributed by atoms with Crippen molar-refractivity contribution in [3.8, 4) is 11.5 Å². The fraction of sp³-hybridized carbons (Fsp3) is 0.350. The summed E-state index contributed by atoms with van der Waals surface area (Å²) in [4.78, 5) is 12.7. The Morgan fingerprint density at radius 3 is 2.38 bits per heavy atom. The van der Waals surface area contributed by atoms with Crippen molar-refractivity contribution in [1.82, 2.24) is 5.32 Å². The topological polar surface area (TPSA) is 47.6 Å². The number of nitrogens with one attached hydrogen (secondary N) is 1. The Labute approximate surface area is 142 Å². The monoisotopic (exact) mass is 325 g/mol. The smallest absolute Gasteiger partial charge is 0.230 e. The summed E-state index contributed by atoms with van der Waals surface area (Å²) < 4.78 is 10.6. The van der Waals surface area contributed by atoms with Crippen LogP contribution in [0.15, 0.2) is 48.5 Å². The van der Waals surface area contributed by atoms with Crippen molar-refractivity contribution in [2.45, 2.75) is 24.7 Å². The molecular formula is C20H23NO3. The van der Waals surface area contributed by atoms with E-state index in [1.165, 1.54) is 5.56 Å². The van der Waals surface area contributed by atoms with Crippen LogP contribution in [0, 0.1) is 0 Å². The molecule has 3 rings (SSSR count). The Morgan fingerprint density at radius 2 is 1.75 bits per heavy atom. The second-order valence-electron chi connectivity index (χ2n) is 6.14. The Kier molecular flexibility index (Phi) is 4.74. The van der Waals surface area contributed by atoms with Gasteiger partial charge in [-0.2, -0.15) is 0 Å². The van der Waals surface area contributed by atoms with Crippen molar-refractivity contribution in [3.05, 3.63) is 59.7 Å². The highest BCUT2D eigenvalue weighted by molar-refractivity contribution is 5.91. The average molecular weight is 325 g/mol. The van der Waals surface area contributed by atoms with E-state index < -0.39 is 5.41 Å². The Hall–Kier alpha value is -2.49. The summed E-state index contributed by atoms with van der Waals surface area (Å²) in [6.07, 6.45) is 2.59. The van der Waals surface area contributed by atoms with Crippen LogP contribution in [0.4, 0.5) is 0 Å². The van der Waals surface area contributed by atoms with Crippen molar-refractivity contribution in [3.63, 3.8) is 0 Å². The number of carbonyl (C=O) groups excluding carboxylic acids is 1. The first-order valence-electron chi connectivity index (χ1n) is 8.24. The molecule has 2 aromatic rings. The molecule has 1 fully saturated rings.